The average molecular weight is 227 g/mol. The fraction of sp³-hybridized carbons (Fsp3) is 0.0833. The van der Waals surface area contributed by atoms with Gasteiger partial charge >= 0.3 is 0 Å². The van der Waals surface area contributed by atoms with E-state index in [9.17, 15) is 0 Å². The molecule has 0 aliphatic carbocycles. The van der Waals surface area contributed by atoms with Crippen molar-refractivity contribution in [3.63, 3.8) is 0 Å². The highest BCUT2D eigenvalue weighted by atomic mass is 32.2. The Kier molecular flexibility index (Phi) is 3.18. The first-order valence-electron chi connectivity index (χ1n) is 4.76. The van der Waals surface area contributed by atoms with Gasteiger partial charge in [0.2, 0.25) is 0 Å². The summed E-state index contributed by atoms with van der Waals surface area (Å²) in [5, 5.41) is 17.4. The van der Waals surface area contributed by atoms with Crippen molar-refractivity contribution in [1.29, 1.82) is 5.26 Å². The largest absolute Gasteiger partial charge is 0.192 e. The Morgan fingerprint density at radius 2 is 2.06 bits per heavy atom. The molecule has 2 aromatic rings. The van der Waals surface area contributed by atoms with E-state index >= 15 is 0 Å². The van der Waals surface area contributed by atoms with Crippen molar-refractivity contribution in [2.45, 2.75) is 16.8 Å². The minimum Gasteiger partial charge on any atom is -0.192 e. The molecule has 0 aliphatic rings. The Bertz CT molecular complexity index is 546. The second-order valence-electron chi connectivity index (χ2n) is 3.23. The molecule has 1 aromatic carbocycles. The maximum atomic E-state index is 8.93. The van der Waals surface area contributed by atoms with Gasteiger partial charge < -0.3 is 0 Å². The molecule has 0 saturated carbocycles. The smallest absolute Gasteiger partial charge is 0.141 e. The van der Waals surface area contributed by atoms with Crippen molar-refractivity contribution in [2.75, 3.05) is 0 Å². The number of rotatable bonds is 2. The quantitative estimate of drug-likeness (QED) is 0.791. The fourth-order valence-electron chi connectivity index (χ4n) is 1.25. The zero-order valence-corrected chi connectivity index (χ0v) is 9.53. The van der Waals surface area contributed by atoms with Crippen molar-refractivity contribution >= 4 is 11.8 Å². The van der Waals surface area contributed by atoms with Gasteiger partial charge in [0.25, 0.3) is 0 Å². The highest BCUT2D eigenvalue weighted by Crippen LogP contribution is 2.29. The first-order valence-corrected chi connectivity index (χ1v) is 5.58. The summed E-state index contributed by atoms with van der Waals surface area (Å²) >= 11 is 1.47. The molecule has 1 heterocycles. The monoisotopic (exact) mass is 227 g/mol. The second-order valence-corrected chi connectivity index (χ2v) is 4.26. The number of hydrogen-bond donors (Lipinski definition) is 0. The molecule has 0 amide bonds. The lowest BCUT2D eigenvalue weighted by molar-refractivity contribution is 0.919. The van der Waals surface area contributed by atoms with Crippen molar-refractivity contribution in [2.24, 2.45) is 0 Å². The van der Waals surface area contributed by atoms with E-state index in [4.69, 9.17) is 5.26 Å². The first kappa shape index (κ1) is 10.7. The zero-order chi connectivity index (χ0) is 11.4. The first-order chi connectivity index (χ1) is 7.81. The summed E-state index contributed by atoms with van der Waals surface area (Å²) in [6, 6.07) is 11.8. The normalized spacial score (nSPS) is 9.75. The molecular formula is C12H9N3S. The van der Waals surface area contributed by atoms with Crippen molar-refractivity contribution in [3.05, 3.63) is 47.7 Å². The zero-order valence-electron chi connectivity index (χ0n) is 8.71. The Labute approximate surface area is 98.1 Å². The Hall–Kier alpha value is -1.86. The second kappa shape index (κ2) is 4.77. The fourth-order valence-corrected chi connectivity index (χ4v) is 2.15. The summed E-state index contributed by atoms with van der Waals surface area (Å²) in [6.07, 6.45) is 1.53. The molecule has 1 aromatic heterocycles. The van der Waals surface area contributed by atoms with Crippen molar-refractivity contribution in [1.82, 2.24) is 10.2 Å². The highest BCUT2D eigenvalue weighted by Gasteiger charge is 2.06. The van der Waals surface area contributed by atoms with Crippen LogP contribution in [0.4, 0.5) is 0 Å². The van der Waals surface area contributed by atoms with Crippen LogP contribution in [0.1, 0.15) is 11.1 Å². The lowest BCUT2D eigenvalue weighted by Gasteiger charge is -2.04. The van der Waals surface area contributed by atoms with E-state index in [0.29, 0.717) is 10.6 Å². The lowest BCUT2D eigenvalue weighted by atomic mass is 10.2. The molecule has 0 bridgehead atoms. The van der Waals surface area contributed by atoms with Crippen LogP contribution in [-0.2, 0) is 0 Å². The number of nitrogens with zero attached hydrogens (tertiary/aromatic N) is 3. The summed E-state index contributed by atoms with van der Waals surface area (Å²) in [6.45, 7) is 2.03. The van der Waals surface area contributed by atoms with Gasteiger partial charge in [-0.1, -0.05) is 30.0 Å². The lowest BCUT2D eigenvalue weighted by Crippen LogP contribution is -1.89. The highest BCUT2D eigenvalue weighted by molar-refractivity contribution is 7.99. The predicted octanol–water partition coefficient (Wildman–Crippen LogP) is 2.81. The van der Waals surface area contributed by atoms with Crippen molar-refractivity contribution < 1.29 is 0 Å². The predicted molar refractivity (Wildman–Crippen MR) is 62.0 cm³/mol. The van der Waals surface area contributed by atoms with Crippen LogP contribution < -0.4 is 0 Å². The van der Waals surface area contributed by atoms with Gasteiger partial charge in [-0.25, -0.2) is 0 Å². The van der Waals surface area contributed by atoms with E-state index in [2.05, 4.69) is 16.3 Å². The SMILES string of the molecule is Cc1ccccc1Sc1nnccc1C#N. The summed E-state index contributed by atoms with van der Waals surface area (Å²) < 4.78 is 0. The third-order valence-electron chi connectivity index (χ3n) is 2.11. The molecule has 0 unspecified atom stereocenters. The molecule has 3 nitrogen and oxygen atoms in total. The summed E-state index contributed by atoms with van der Waals surface area (Å²) in [7, 11) is 0. The number of hydrogen-bond acceptors (Lipinski definition) is 4. The minimum atomic E-state index is 0.559. The van der Waals surface area contributed by atoms with Crippen LogP contribution in [0.25, 0.3) is 0 Å². The van der Waals surface area contributed by atoms with Gasteiger partial charge in [-0.15, -0.1) is 5.10 Å². The van der Waals surface area contributed by atoms with Gasteiger partial charge in [-0.2, -0.15) is 10.4 Å². The van der Waals surface area contributed by atoms with Crippen LogP contribution in [0, 0.1) is 18.3 Å². The van der Waals surface area contributed by atoms with Crippen LogP contribution in [-0.4, -0.2) is 10.2 Å². The molecule has 2 rings (SSSR count). The van der Waals surface area contributed by atoms with Crippen LogP contribution in [0.3, 0.4) is 0 Å². The number of nitriles is 1. The van der Waals surface area contributed by atoms with E-state index in [0.717, 1.165) is 4.90 Å². The Balaban J connectivity index is 2.35. The number of aryl methyl sites for hydroxylation is 1. The summed E-state index contributed by atoms with van der Waals surface area (Å²) in [5.74, 6) is 0. The van der Waals surface area contributed by atoms with Gasteiger partial charge in [0.05, 0.1) is 11.8 Å². The van der Waals surface area contributed by atoms with Crippen LogP contribution in [0.2, 0.25) is 0 Å². The van der Waals surface area contributed by atoms with Crippen LogP contribution in [0.5, 0.6) is 0 Å². The van der Waals surface area contributed by atoms with Gasteiger partial charge in [-0.3, -0.25) is 0 Å². The standard InChI is InChI=1S/C12H9N3S/c1-9-4-2-3-5-11(9)16-12-10(8-13)6-7-14-15-12/h2-7H,1H3. The molecule has 0 atom stereocenters. The van der Waals surface area contributed by atoms with E-state index in [1.54, 1.807) is 6.07 Å². The molecule has 0 saturated heterocycles. The molecule has 0 spiro atoms. The molecule has 16 heavy (non-hydrogen) atoms. The number of aromatic nitrogens is 2. The number of benzene rings is 1. The molecule has 0 aliphatic heterocycles. The topological polar surface area (TPSA) is 49.6 Å². The summed E-state index contributed by atoms with van der Waals surface area (Å²) in [5.41, 5.74) is 1.73. The van der Waals surface area contributed by atoms with E-state index < -0.39 is 0 Å². The van der Waals surface area contributed by atoms with E-state index in [1.807, 2.05) is 31.2 Å². The van der Waals surface area contributed by atoms with Gasteiger partial charge in [0.15, 0.2) is 0 Å². The maximum Gasteiger partial charge on any atom is 0.141 e. The molecule has 0 fully saturated rings. The maximum absolute atomic E-state index is 8.93. The molecule has 78 valence electrons. The van der Waals surface area contributed by atoms with E-state index in [-0.39, 0.29) is 0 Å². The molecular weight excluding hydrogens is 218 g/mol. The molecule has 0 N–H and O–H groups in total. The van der Waals surface area contributed by atoms with Crippen LogP contribution in [0.15, 0.2) is 46.5 Å². The average Bonchev–Trinajstić information content (AvgIpc) is 2.33. The Morgan fingerprint density at radius 1 is 1.25 bits per heavy atom. The Morgan fingerprint density at radius 3 is 2.81 bits per heavy atom. The van der Waals surface area contributed by atoms with Gasteiger partial charge in [0, 0.05) is 4.90 Å². The van der Waals surface area contributed by atoms with Crippen LogP contribution >= 0.6 is 11.8 Å². The van der Waals surface area contributed by atoms with Gasteiger partial charge in [-0.05, 0) is 24.6 Å². The molecule has 0 radical (unpaired) electrons. The third kappa shape index (κ3) is 2.20. The minimum absolute atomic E-state index is 0.559. The third-order valence-corrected chi connectivity index (χ3v) is 3.28. The molecule has 4 heteroatoms. The van der Waals surface area contributed by atoms with Crippen molar-refractivity contribution in [3.8, 4) is 6.07 Å². The van der Waals surface area contributed by atoms with E-state index in [1.165, 1.54) is 23.5 Å². The summed E-state index contributed by atoms with van der Waals surface area (Å²) in [4.78, 5) is 1.10. The van der Waals surface area contributed by atoms with Gasteiger partial charge in [0.1, 0.15) is 11.1 Å².